The molecule has 4 rings (SSSR count). The number of aromatic nitrogens is 3. The van der Waals surface area contributed by atoms with Crippen molar-refractivity contribution in [2.45, 2.75) is 0 Å². The number of rotatable bonds is 2. The predicted octanol–water partition coefficient (Wildman–Crippen LogP) is 2.46. The highest BCUT2D eigenvalue weighted by atomic mass is 35.5. The number of halogens is 1. The summed E-state index contributed by atoms with van der Waals surface area (Å²) in [5.74, 6) is 0.717. The molecule has 0 atom stereocenters. The second kappa shape index (κ2) is 5.59. The molecular formula is C16H16ClN5. The molecule has 112 valence electrons. The minimum absolute atomic E-state index is 0.716. The molecule has 0 spiro atoms. The molecule has 0 unspecified atom stereocenters. The number of piperazine rings is 1. The van der Waals surface area contributed by atoms with Gasteiger partial charge < -0.3 is 10.2 Å². The fraction of sp³-hybridized carbons (Fsp3) is 0.250. The van der Waals surface area contributed by atoms with E-state index in [4.69, 9.17) is 11.6 Å². The molecule has 5 nitrogen and oxygen atoms in total. The number of nitrogens with one attached hydrogen (secondary N) is 1. The van der Waals surface area contributed by atoms with Crippen LogP contribution in [-0.4, -0.2) is 40.8 Å². The van der Waals surface area contributed by atoms with Gasteiger partial charge in [-0.25, -0.2) is 9.50 Å². The Balaban J connectivity index is 1.69. The quantitative estimate of drug-likeness (QED) is 0.789. The van der Waals surface area contributed by atoms with Crippen molar-refractivity contribution in [1.29, 1.82) is 0 Å². The van der Waals surface area contributed by atoms with Crippen LogP contribution in [0.15, 0.2) is 42.6 Å². The summed E-state index contributed by atoms with van der Waals surface area (Å²) in [5.41, 5.74) is 3.03. The van der Waals surface area contributed by atoms with Gasteiger partial charge in [0.15, 0.2) is 11.5 Å². The fourth-order valence-electron chi connectivity index (χ4n) is 2.71. The van der Waals surface area contributed by atoms with E-state index in [0.717, 1.165) is 37.4 Å². The largest absolute Gasteiger partial charge is 0.369 e. The molecule has 0 radical (unpaired) electrons. The summed E-state index contributed by atoms with van der Waals surface area (Å²) in [6.07, 6.45) is 1.97. The zero-order valence-electron chi connectivity index (χ0n) is 12.0. The summed E-state index contributed by atoms with van der Waals surface area (Å²) in [7, 11) is 0. The van der Waals surface area contributed by atoms with Crippen LogP contribution in [0, 0.1) is 0 Å². The first-order valence-electron chi connectivity index (χ1n) is 7.38. The number of pyridine rings is 1. The second-order valence-corrected chi connectivity index (χ2v) is 5.80. The van der Waals surface area contributed by atoms with Crippen LogP contribution in [0.3, 0.4) is 0 Å². The lowest BCUT2D eigenvalue weighted by atomic mass is 10.2. The molecule has 2 aromatic heterocycles. The third-order valence-electron chi connectivity index (χ3n) is 3.91. The molecular weight excluding hydrogens is 298 g/mol. The molecule has 1 aromatic carbocycles. The summed E-state index contributed by atoms with van der Waals surface area (Å²) in [6, 6.07) is 11.8. The van der Waals surface area contributed by atoms with E-state index >= 15 is 0 Å². The Morgan fingerprint density at radius 1 is 1.05 bits per heavy atom. The fourth-order valence-corrected chi connectivity index (χ4v) is 2.84. The first-order valence-corrected chi connectivity index (χ1v) is 7.75. The lowest BCUT2D eigenvalue weighted by Gasteiger charge is -2.29. The smallest absolute Gasteiger partial charge is 0.182 e. The van der Waals surface area contributed by atoms with Crippen LogP contribution in [0.5, 0.6) is 0 Å². The molecule has 3 heterocycles. The van der Waals surface area contributed by atoms with E-state index in [1.165, 1.54) is 5.69 Å². The van der Waals surface area contributed by atoms with Crippen molar-refractivity contribution in [3.8, 4) is 11.4 Å². The van der Waals surface area contributed by atoms with E-state index in [-0.39, 0.29) is 0 Å². The number of benzene rings is 1. The Bertz CT molecular complexity index is 790. The molecule has 0 aliphatic carbocycles. The Hall–Kier alpha value is -2.11. The molecule has 1 saturated heterocycles. The lowest BCUT2D eigenvalue weighted by molar-refractivity contribution is 0.589. The maximum absolute atomic E-state index is 5.93. The Morgan fingerprint density at radius 3 is 2.59 bits per heavy atom. The van der Waals surface area contributed by atoms with Crippen molar-refractivity contribution in [1.82, 2.24) is 19.9 Å². The summed E-state index contributed by atoms with van der Waals surface area (Å²) < 4.78 is 1.82. The molecule has 1 fully saturated rings. The SMILES string of the molecule is Clc1ccc(-c2nc3cc(N4CCNCC4)ccn3n2)cc1. The molecule has 22 heavy (non-hydrogen) atoms. The van der Waals surface area contributed by atoms with E-state index in [1.54, 1.807) is 0 Å². The van der Waals surface area contributed by atoms with E-state index < -0.39 is 0 Å². The summed E-state index contributed by atoms with van der Waals surface area (Å²) in [5, 5.41) is 8.61. The van der Waals surface area contributed by atoms with Crippen LogP contribution in [0.25, 0.3) is 17.0 Å². The van der Waals surface area contributed by atoms with Gasteiger partial charge in [0.05, 0.1) is 0 Å². The minimum Gasteiger partial charge on any atom is -0.369 e. The summed E-state index contributed by atoms with van der Waals surface area (Å²) in [6.45, 7) is 4.09. The van der Waals surface area contributed by atoms with E-state index in [2.05, 4.69) is 32.4 Å². The Kier molecular flexibility index (Phi) is 3.44. The van der Waals surface area contributed by atoms with Gasteiger partial charge in [-0.1, -0.05) is 11.6 Å². The zero-order chi connectivity index (χ0) is 14.9. The molecule has 1 N–H and O–H groups in total. The maximum atomic E-state index is 5.93. The second-order valence-electron chi connectivity index (χ2n) is 5.37. The number of hydrogen-bond acceptors (Lipinski definition) is 4. The lowest BCUT2D eigenvalue weighted by Crippen LogP contribution is -2.43. The molecule has 3 aromatic rings. The first kappa shape index (κ1) is 13.5. The van der Waals surface area contributed by atoms with Gasteiger partial charge >= 0.3 is 0 Å². The Labute approximate surface area is 133 Å². The van der Waals surface area contributed by atoms with Gasteiger partial charge in [-0.05, 0) is 30.3 Å². The third kappa shape index (κ3) is 2.53. The monoisotopic (exact) mass is 313 g/mol. The zero-order valence-corrected chi connectivity index (χ0v) is 12.8. The standard InChI is InChI=1S/C16H16ClN5/c17-13-3-1-12(2-4-13)16-19-15-11-14(5-8-22(15)20-16)21-9-6-18-7-10-21/h1-5,8,11,18H,6-7,9-10H2. The van der Waals surface area contributed by atoms with Crippen LogP contribution in [0.2, 0.25) is 5.02 Å². The van der Waals surface area contributed by atoms with Crippen molar-refractivity contribution in [3.63, 3.8) is 0 Å². The van der Waals surface area contributed by atoms with Crippen LogP contribution in [0.4, 0.5) is 5.69 Å². The van der Waals surface area contributed by atoms with Crippen molar-refractivity contribution in [2.75, 3.05) is 31.1 Å². The summed E-state index contributed by atoms with van der Waals surface area (Å²) >= 11 is 5.93. The van der Waals surface area contributed by atoms with Gasteiger partial charge in [-0.3, -0.25) is 0 Å². The van der Waals surface area contributed by atoms with E-state index in [9.17, 15) is 0 Å². The molecule has 6 heteroatoms. The highest BCUT2D eigenvalue weighted by Gasteiger charge is 2.12. The predicted molar refractivity (Wildman–Crippen MR) is 88.5 cm³/mol. The highest BCUT2D eigenvalue weighted by Crippen LogP contribution is 2.21. The van der Waals surface area contributed by atoms with Gasteiger partial charge in [0.1, 0.15) is 0 Å². The van der Waals surface area contributed by atoms with Crippen molar-refractivity contribution in [3.05, 3.63) is 47.6 Å². The minimum atomic E-state index is 0.716. The molecule has 1 aliphatic heterocycles. The molecule has 0 saturated carbocycles. The molecule has 0 amide bonds. The maximum Gasteiger partial charge on any atom is 0.182 e. The van der Waals surface area contributed by atoms with E-state index in [0.29, 0.717) is 10.8 Å². The molecule has 1 aliphatic rings. The van der Waals surface area contributed by atoms with Crippen LogP contribution in [0.1, 0.15) is 0 Å². The molecule has 0 bridgehead atoms. The van der Waals surface area contributed by atoms with Gasteiger partial charge in [-0.15, -0.1) is 5.10 Å². The Morgan fingerprint density at radius 2 is 1.82 bits per heavy atom. The average molecular weight is 314 g/mol. The number of hydrogen-bond donors (Lipinski definition) is 1. The highest BCUT2D eigenvalue weighted by molar-refractivity contribution is 6.30. The normalized spacial score (nSPS) is 15.4. The van der Waals surface area contributed by atoms with Gasteiger partial charge in [0.2, 0.25) is 0 Å². The van der Waals surface area contributed by atoms with Crippen LogP contribution in [-0.2, 0) is 0 Å². The number of nitrogens with zero attached hydrogens (tertiary/aromatic N) is 4. The van der Waals surface area contributed by atoms with Crippen molar-refractivity contribution < 1.29 is 0 Å². The van der Waals surface area contributed by atoms with Gasteiger partial charge in [-0.2, -0.15) is 0 Å². The topological polar surface area (TPSA) is 45.5 Å². The summed E-state index contributed by atoms with van der Waals surface area (Å²) in [4.78, 5) is 7.00. The third-order valence-corrected chi connectivity index (χ3v) is 4.16. The first-order chi connectivity index (χ1) is 10.8. The van der Waals surface area contributed by atoms with Gasteiger partial charge in [0, 0.05) is 54.7 Å². The number of anilines is 1. The van der Waals surface area contributed by atoms with Crippen molar-refractivity contribution in [2.24, 2.45) is 0 Å². The number of fused-ring (bicyclic) bond motifs is 1. The van der Waals surface area contributed by atoms with Gasteiger partial charge in [0.25, 0.3) is 0 Å². The van der Waals surface area contributed by atoms with Crippen LogP contribution < -0.4 is 10.2 Å². The van der Waals surface area contributed by atoms with Crippen LogP contribution >= 0.6 is 11.6 Å². The average Bonchev–Trinajstić information content (AvgIpc) is 2.99. The van der Waals surface area contributed by atoms with E-state index in [1.807, 2.05) is 35.0 Å². The van der Waals surface area contributed by atoms with Crippen molar-refractivity contribution >= 4 is 22.9 Å².